The highest BCUT2D eigenvalue weighted by Gasteiger charge is 2.29. The lowest BCUT2D eigenvalue weighted by molar-refractivity contribution is -0.128. The van der Waals surface area contributed by atoms with Crippen LogP contribution in [0.1, 0.15) is 36.5 Å². The molecule has 6 nitrogen and oxygen atoms in total. The number of carbonyl (C=O) groups excluding carboxylic acids is 2. The smallest absolute Gasteiger partial charge is 0.237 e. The van der Waals surface area contributed by atoms with Gasteiger partial charge in [0.2, 0.25) is 11.8 Å². The van der Waals surface area contributed by atoms with E-state index >= 15 is 0 Å². The Morgan fingerprint density at radius 1 is 1.09 bits per heavy atom. The highest BCUT2D eigenvalue weighted by Crippen LogP contribution is 2.20. The van der Waals surface area contributed by atoms with E-state index in [-0.39, 0.29) is 29.6 Å². The largest absolute Gasteiger partial charge is 0.497 e. The molecule has 1 aliphatic rings. The van der Waals surface area contributed by atoms with E-state index in [4.69, 9.17) is 4.74 Å². The predicted molar refractivity (Wildman–Crippen MR) is 122 cm³/mol. The van der Waals surface area contributed by atoms with Gasteiger partial charge in [-0.1, -0.05) is 24.3 Å². The summed E-state index contributed by atoms with van der Waals surface area (Å²) in [5, 5.41) is 5.90. The number of amides is 2. The summed E-state index contributed by atoms with van der Waals surface area (Å²) in [6.07, 6.45) is 1.39. The third-order valence-corrected chi connectivity index (χ3v) is 6.13. The first kappa shape index (κ1) is 23.7. The SMILES string of the molecule is COc1cccc(CNC(=O)C(C)N2CCC(C(=O)NCc3ccc(C)c(F)c3)CC2)c1. The number of nitrogens with one attached hydrogen (secondary N) is 2. The third-order valence-electron chi connectivity index (χ3n) is 6.13. The van der Waals surface area contributed by atoms with Crippen LogP contribution in [-0.4, -0.2) is 43.0 Å². The molecule has 1 fully saturated rings. The summed E-state index contributed by atoms with van der Waals surface area (Å²) >= 11 is 0. The molecule has 2 aromatic carbocycles. The number of hydrogen-bond donors (Lipinski definition) is 2. The Bertz CT molecular complexity index is 942. The van der Waals surface area contributed by atoms with E-state index in [1.165, 1.54) is 6.07 Å². The number of ether oxygens (including phenoxy) is 1. The minimum absolute atomic E-state index is 0.0132. The van der Waals surface area contributed by atoms with Gasteiger partial charge in [0.25, 0.3) is 0 Å². The first-order chi connectivity index (χ1) is 15.4. The number of nitrogens with zero attached hydrogens (tertiary/aromatic N) is 1. The highest BCUT2D eigenvalue weighted by atomic mass is 19.1. The molecule has 1 atom stereocenters. The monoisotopic (exact) mass is 441 g/mol. The molecule has 1 unspecified atom stereocenters. The van der Waals surface area contributed by atoms with Crippen LogP contribution in [0.5, 0.6) is 5.75 Å². The molecule has 32 heavy (non-hydrogen) atoms. The van der Waals surface area contributed by atoms with Gasteiger partial charge in [0.05, 0.1) is 13.2 Å². The van der Waals surface area contributed by atoms with Gasteiger partial charge < -0.3 is 15.4 Å². The van der Waals surface area contributed by atoms with Crippen LogP contribution in [-0.2, 0) is 22.7 Å². The molecular weight excluding hydrogens is 409 g/mol. The summed E-state index contributed by atoms with van der Waals surface area (Å²) in [7, 11) is 1.62. The number of piperidine rings is 1. The number of rotatable bonds is 8. The van der Waals surface area contributed by atoms with Crippen molar-refractivity contribution in [2.24, 2.45) is 5.92 Å². The van der Waals surface area contributed by atoms with E-state index in [0.29, 0.717) is 44.6 Å². The van der Waals surface area contributed by atoms with Crippen molar-refractivity contribution in [1.82, 2.24) is 15.5 Å². The number of halogens is 1. The van der Waals surface area contributed by atoms with Crippen LogP contribution in [0.25, 0.3) is 0 Å². The van der Waals surface area contributed by atoms with Crippen LogP contribution in [0.2, 0.25) is 0 Å². The van der Waals surface area contributed by atoms with Gasteiger partial charge in [0.1, 0.15) is 11.6 Å². The second-order valence-corrected chi connectivity index (χ2v) is 8.36. The zero-order chi connectivity index (χ0) is 23.1. The van der Waals surface area contributed by atoms with Crippen molar-refractivity contribution in [1.29, 1.82) is 0 Å². The molecule has 0 aliphatic carbocycles. The van der Waals surface area contributed by atoms with E-state index in [1.54, 1.807) is 20.1 Å². The Kier molecular flexibility index (Phi) is 8.22. The quantitative estimate of drug-likeness (QED) is 0.660. The van der Waals surface area contributed by atoms with Gasteiger partial charge in [0, 0.05) is 19.0 Å². The Balaban J connectivity index is 1.42. The van der Waals surface area contributed by atoms with Crippen LogP contribution >= 0.6 is 0 Å². The fraction of sp³-hybridized carbons (Fsp3) is 0.440. The average molecular weight is 442 g/mol. The lowest BCUT2D eigenvalue weighted by Gasteiger charge is -2.34. The van der Waals surface area contributed by atoms with Crippen molar-refractivity contribution in [2.75, 3.05) is 20.2 Å². The minimum Gasteiger partial charge on any atom is -0.497 e. The van der Waals surface area contributed by atoms with Crippen LogP contribution in [0, 0.1) is 18.7 Å². The molecule has 0 radical (unpaired) electrons. The second-order valence-electron chi connectivity index (χ2n) is 8.36. The van der Waals surface area contributed by atoms with Crippen LogP contribution in [0.3, 0.4) is 0 Å². The zero-order valence-corrected chi connectivity index (χ0v) is 19.0. The molecule has 1 heterocycles. The van der Waals surface area contributed by atoms with Gasteiger partial charge in [-0.2, -0.15) is 0 Å². The van der Waals surface area contributed by atoms with Gasteiger partial charge in [-0.05, 0) is 74.7 Å². The van der Waals surface area contributed by atoms with Gasteiger partial charge >= 0.3 is 0 Å². The summed E-state index contributed by atoms with van der Waals surface area (Å²) in [4.78, 5) is 27.2. The van der Waals surface area contributed by atoms with Crippen LogP contribution in [0.4, 0.5) is 4.39 Å². The lowest BCUT2D eigenvalue weighted by Crippen LogP contribution is -2.49. The standard InChI is InChI=1S/C25H32FN3O3/c1-17-7-8-20(14-23(17)26)16-28-25(31)21-9-11-29(12-10-21)18(2)24(30)27-15-19-5-4-6-22(13-19)32-3/h4-8,13-14,18,21H,9-12,15-16H2,1-3H3,(H,27,30)(H,28,31). The molecule has 0 saturated carbocycles. The molecular formula is C25H32FN3O3. The normalized spacial score (nSPS) is 15.8. The van der Waals surface area contributed by atoms with E-state index in [0.717, 1.165) is 16.9 Å². The first-order valence-corrected chi connectivity index (χ1v) is 11.0. The van der Waals surface area contributed by atoms with Gasteiger partial charge in [-0.3, -0.25) is 14.5 Å². The van der Waals surface area contributed by atoms with Crippen molar-refractivity contribution in [3.8, 4) is 5.75 Å². The Hall–Kier alpha value is -2.93. The third kappa shape index (κ3) is 6.29. The molecule has 1 aliphatic heterocycles. The maximum absolute atomic E-state index is 13.7. The van der Waals surface area contributed by atoms with Gasteiger partial charge in [-0.15, -0.1) is 0 Å². The molecule has 0 aromatic heterocycles. The summed E-state index contributed by atoms with van der Waals surface area (Å²) in [6, 6.07) is 12.4. The maximum atomic E-state index is 13.7. The van der Waals surface area contributed by atoms with E-state index in [2.05, 4.69) is 15.5 Å². The fourth-order valence-corrected chi connectivity index (χ4v) is 3.91. The second kappa shape index (κ2) is 11.1. The molecule has 7 heteroatoms. The van der Waals surface area contributed by atoms with E-state index in [9.17, 15) is 14.0 Å². The number of likely N-dealkylation sites (tertiary alicyclic amines) is 1. The molecule has 2 amide bonds. The van der Waals surface area contributed by atoms with Crippen molar-refractivity contribution in [3.05, 3.63) is 65.0 Å². The highest BCUT2D eigenvalue weighted by molar-refractivity contribution is 5.81. The van der Waals surface area contributed by atoms with Crippen LogP contribution in [0.15, 0.2) is 42.5 Å². The number of carbonyl (C=O) groups is 2. The molecule has 2 aromatic rings. The molecule has 1 saturated heterocycles. The average Bonchev–Trinajstić information content (AvgIpc) is 2.82. The first-order valence-electron chi connectivity index (χ1n) is 11.0. The Morgan fingerprint density at radius 2 is 1.78 bits per heavy atom. The predicted octanol–water partition coefficient (Wildman–Crippen LogP) is 3.18. The molecule has 172 valence electrons. The van der Waals surface area contributed by atoms with Crippen molar-refractivity contribution >= 4 is 11.8 Å². The molecule has 0 bridgehead atoms. The Labute approximate surface area is 189 Å². The van der Waals surface area contributed by atoms with Gasteiger partial charge in [0.15, 0.2) is 0 Å². The fourth-order valence-electron chi connectivity index (χ4n) is 3.91. The molecule has 3 rings (SSSR count). The van der Waals surface area contributed by atoms with E-state index < -0.39 is 0 Å². The number of aryl methyl sites for hydroxylation is 1. The summed E-state index contributed by atoms with van der Waals surface area (Å²) in [5.74, 6) is 0.368. The summed E-state index contributed by atoms with van der Waals surface area (Å²) < 4.78 is 18.9. The number of methoxy groups -OCH3 is 1. The summed E-state index contributed by atoms with van der Waals surface area (Å²) in [5.41, 5.74) is 2.32. The number of benzene rings is 2. The lowest BCUT2D eigenvalue weighted by atomic mass is 9.94. The van der Waals surface area contributed by atoms with Crippen molar-refractivity contribution in [2.45, 2.75) is 45.8 Å². The van der Waals surface area contributed by atoms with Crippen molar-refractivity contribution in [3.63, 3.8) is 0 Å². The molecule has 0 spiro atoms. The topological polar surface area (TPSA) is 70.7 Å². The Morgan fingerprint density at radius 3 is 2.47 bits per heavy atom. The van der Waals surface area contributed by atoms with Gasteiger partial charge in [-0.25, -0.2) is 4.39 Å². The van der Waals surface area contributed by atoms with Crippen LogP contribution < -0.4 is 15.4 Å². The minimum atomic E-state index is -0.264. The zero-order valence-electron chi connectivity index (χ0n) is 19.0. The van der Waals surface area contributed by atoms with Crippen molar-refractivity contribution < 1.29 is 18.7 Å². The van der Waals surface area contributed by atoms with E-state index in [1.807, 2.05) is 37.3 Å². The summed E-state index contributed by atoms with van der Waals surface area (Å²) in [6.45, 7) is 5.74. The number of hydrogen-bond acceptors (Lipinski definition) is 4. The maximum Gasteiger partial charge on any atom is 0.237 e. The molecule has 2 N–H and O–H groups in total.